The van der Waals surface area contributed by atoms with Gasteiger partial charge < -0.3 is 14.8 Å². The van der Waals surface area contributed by atoms with Crippen LogP contribution in [0.4, 0.5) is 23.0 Å². The van der Waals surface area contributed by atoms with E-state index in [0.29, 0.717) is 22.7 Å². The number of nitrogens with one attached hydrogen (secondary N) is 3. The molecule has 160 valence electrons. The molecule has 0 atom stereocenters. The van der Waals surface area contributed by atoms with E-state index >= 15 is 0 Å². The second-order valence-electron chi connectivity index (χ2n) is 6.26. The van der Waals surface area contributed by atoms with E-state index in [4.69, 9.17) is 9.47 Å². The van der Waals surface area contributed by atoms with E-state index < -0.39 is 16.5 Å². The van der Waals surface area contributed by atoms with Gasteiger partial charge in [-0.15, -0.1) is 0 Å². The van der Waals surface area contributed by atoms with Crippen molar-refractivity contribution in [3.05, 3.63) is 70.0 Å². The lowest BCUT2D eigenvalue weighted by atomic mass is 10.1. The molecule has 1 aromatic heterocycles. The highest BCUT2D eigenvalue weighted by atomic mass is 16.6. The Morgan fingerprint density at radius 2 is 1.81 bits per heavy atom. The SMILES string of the molecule is COc1ccc(OC)c(Nc2ncnc(NNC(=O)c3ccccc3C)c2[N+](=O)[O-])c1. The molecule has 0 aliphatic carbocycles. The summed E-state index contributed by atoms with van der Waals surface area (Å²) in [6.07, 6.45) is 1.13. The molecule has 0 saturated carbocycles. The van der Waals surface area contributed by atoms with Gasteiger partial charge in [0.05, 0.1) is 24.8 Å². The van der Waals surface area contributed by atoms with E-state index in [9.17, 15) is 14.9 Å². The van der Waals surface area contributed by atoms with Crippen LogP contribution in [0.1, 0.15) is 15.9 Å². The predicted molar refractivity (Wildman–Crippen MR) is 114 cm³/mol. The lowest BCUT2D eigenvalue weighted by Crippen LogP contribution is -2.30. The van der Waals surface area contributed by atoms with Gasteiger partial charge in [-0.3, -0.25) is 25.8 Å². The first kappa shape index (κ1) is 21.3. The molecule has 0 aliphatic rings. The van der Waals surface area contributed by atoms with E-state index in [1.54, 1.807) is 49.4 Å². The van der Waals surface area contributed by atoms with Crippen molar-refractivity contribution in [2.75, 3.05) is 25.0 Å². The van der Waals surface area contributed by atoms with Crippen LogP contribution in [0.25, 0.3) is 0 Å². The zero-order valence-electron chi connectivity index (χ0n) is 17.0. The van der Waals surface area contributed by atoms with Crippen LogP contribution < -0.4 is 25.6 Å². The molecule has 3 aromatic rings. The van der Waals surface area contributed by atoms with E-state index in [1.165, 1.54) is 14.2 Å². The number of methoxy groups -OCH3 is 2. The number of rotatable bonds is 8. The summed E-state index contributed by atoms with van der Waals surface area (Å²) < 4.78 is 10.5. The monoisotopic (exact) mass is 424 g/mol. The third-order valence-corrected chi connectivity index (χ3v) is 4.35. The van der Waals surface area contributed by atoms with Crippen LogP contribution in [-0.2, 0) is 0 Å². The molecule has 0 fully saturated rings. The second-order valence-corrected chi connectivity index (χ2v) is 6.26. The van der Waals surface area contributed by atoms with Crippen LogP contribution in [0.2, 0.25) is 0 Å². The summed E-state index contributed by atoms with van der Waals surface area (Å²) in [5.41, 5.74) is 6.06. The Labute approximate surface area is 177 Å². The fraction of sp³-hybridized carbons (Fsp3) is 0.150. The number of carbonyl (C=O) groups is 1. The molecule has 11 nitrogen and oxygen atoms in total. The Morgan fingerprint density at radius 1 is 1.06 bits per heavy atom. The zero-order chi connectivity index (χ0) is 22.4. The summed E-state index contributed by atoms with van der Waals surface area (Å²) in [6.45, 7) is 1.78. The number of hydrogen-bond acceptors (Lipinski definition) is 9. The maximum Gasteiger partial charge on any atom is 0.355 e. The number of ether oxygens (including phenoxy) is 2. The average Bonchev–Trinajstić information content (AvgIpc) is 2.77. The molecular weight excluding hydrogens is 404 g/mol. The highest BCUT2D eigenvalue weighted by Crippen LogP contribution is 2.35. The molecule has 2 aromatic carbocycles. The van der Waals surface area contributed by atoms with Crippen molar-refractivity contribution >= 4 is 28.9 Å². The number of carbonyl (C=O) groups excluding carboxylic acids is 1. The maximum absolute atomic E-state index is 12.4. The molecule has 31 heavy (non-hydrogen) atoms. The molecule has 11 heteroatoms. The van der Waals surface area contributed by atoms with Crippen molar-refractivity contribution in [2.45, 2.75) is 6.92 Å². The van der Waals surface area contributed by atoms with Crippen LogP contribution in [0.5, 0.6) is 11.5 Å². The Morgan fingerprint density at radius 3 is 2.48 bits per heavy atom. The molecule has 0 radical (unpaired) electrons. The third kappa shape index (κ3) is 4.78. The Hall–Kier alpha value is -4.41. The number of aromatic nitrogens is 2. The molecule has 1 heterocycles. The van der Waals surface area contributed by atoms with Gasteiger partial charge in [0.25, 0.3) is 5.91 Å². The lowest BCUT2D eigenvalue weighted by molar-refractivity contribution is -0.383. The molecule has 3 N–H and O–H groups in total. The van der Waals surface area contributed by atoms with Gasteiger partial charge >= 0.3 is 5.69 Å². The van der Waals surface area contributed by atoms with Crippen molar-refractivity contribution in [3.63, 3.8) is 0 Å². The van der Waals surface area contributed by atoms with Gasteiger partial charge in [0.2, 0.25) is 11.6 Å². The standard InChI is InChI=1S/C20H20N6O5/c1-12-6-4-5-7-14(12)20(27)25-24-19-17(26(28)29)18(21-11-22-19)23-15-10-13(30-2)8-9-16(15)31-3/h4-11H,1-3H3,(H,25,27)(H2,21,22,23,24). The first-order chi connectivity index (χ1) is 14.9. The summed E-state index contributed by atoms with van der Waals surface area (Å²) in [4.78, 5) is 31.4. The van der Waals surface area contributed by atoms with E-state index in [0.717, 1.165) is 11.9 Å². The van der Waals surface area contributed by atoms with Crippen molar-refractivity contribution in [3.8, 4) is 11.5 Å². The van der Waals surface area contributed by atoms with Gasteiger partial charge in [0.1, 0.15) is 17.8 Å². The van der Waals surface area contributed by atoms with Gasteiger partial charge in [-0.25, -0.2) is 9.97 Å². The second kappa shape index (κ2) is 9.39. The average molecular weight is 424 g/mol. The molecule has 0 saturated heterocycles. The lowest BCUT2D eigenvalue weighted by Gasteiger charge is -2.14. The maximum atomic E-state index is 12.4. The predicted octanol–water partition coefficient (Wildman–Crippen LogP) is 3.21. The molecule has 0 bridgehead atoms. The highest BCUT2D eigenvalue weighted by Gasteiger charge is 2.24. The summed E-state index contributed by atoms with van der Waals surface area (Å²) in [7, 11) is 2.97. The van der Waals surface area contributed by atoms with Crippen molar-refractivity contribution in [2.24, 2.45) is 0 Å². The smallest absolute Gasteiger partial charge is 0.355 e. The number of benzene rings is 2. The van der Waals surface area contributed by atoms with Crippen molar-refractivity contribution in [1.29, 1.82) is 0 Å². The van der Waals surface area contributed by atoms with E-state index in [-0.39, 0.29) is 11.6 Å². The molecule has 0 unspecified atom stereocenters. The topological polar surface area (TPSA) is 141 Å². The van der Waals surface area contributed by atoms with Crippen molar-refractivity contribution in [1.82, 2.24) is 15.4 Å². The Kier molecular flexibility index (Phi) is 6.45. The van der Waals surface area contributed by atoms with Crippen LogP contribution in [0.15, 0.2) is 48.8 Å². The summed E-state index contributed by atoms with van der Waals surface area (Å²) in [5.74, 6) is 0.195. The molecule has 0 aliphatic heterocycles. The number of nitrogens with zero attached hydrogens (tertiary/aromatic N) is 3. The first-order valence-corrected chi connectivity index (χ1v) is 9.05. The minimum absolute atomic E-state index is 0.0980. The van der Waals surface area contributed by atoms with Gasteiger partial charge in [0.15, 0.2) is 0 Å². The number of hydrogen-bond donors (Lipinski definition) is 3. The fourth-order valence-electron chi connectivity index (χ4n) is 2.78. The number of anilines is 3. The minimum Gasteiger partial charge on any atom is -0.497 e. The quantitative estimate of drug-likeness (QED) is 0.367. The van der Waals surface area contributed by atoms with E-state index in [1.807, 2.05) is 0 Å². The van der Waals surface area contributed by atoms with Crippen LogP contribution in [-0.4, -0.2) is 35.0 Å². The largest absolute Gasteiger partial charge is 0.497 e. The molecule has 0 spiro atoms. The fourth-order valence-corrected chi connectivity index (χ4v) is 2.78. The van der Waals surface area contributed by atoms with Gasteiger partial charge in [-0.05, 0) is 30.7 Å². The van der Waals surface area contributed by atoms with Crippen LogP contribution >= 0.6 is 0 Å². The Bertz CT molecular complexity index is 1120. The van der Waals surface area contributed by atoms with Crippen molar-refractivity contribution < 1.29 is 19.2 Å². The van der Waals surface area contributed by atoms with Crippen LogP contribution in [0, 0.1) is 17.0 Å². The molecule has 1 amide bonds. The third-order valence-electron chi connectivity index (χ3n) is 4.35. The van der Waals surface area contributed by atoms with Crippen LogP contribution in [0.3, 0.4) is 0 Å². The highest BCUT2D eigenvalue weighted by molar-refractivity contribution is 5.96. The Balaban J connectivity index is 1.89. The molecule has 3 rings (SSSR count). The normalized spacial score (nSPS) is 10.2. The molecular formula is C20H20N6O5. The number of aryl methyl sites for hydroxylation is 1. The van der Waals surface area contributed by atoms with Gasteiger partial charge in [-0.1, -0.05) is 18.2 Å². The van der Waals surface area contributed by atoms with E-state index in [2.05, 4.69) is 26.1 Å². The summed E-state index contributed by atoms with van der Waals surface area (Å²) >= 11 is 0. The first-order valence-electron chi connectivity index (χ1n) is 9.05. The number of hydrazine groups is 1. The number of amides is 1. The minimum atomic E-state index is -0.656. The zero-order valence-corrected chi connectivity index (χ0v) is 17.0. The summed E-state index contributed by atoms with van der Waals surface area (Å²) in [6, 6.07) is 11.9. The van der Waals surface area contributed by atoms with Gasteiger partial charge in [-0.2, -0.15) is 0 Å². The number of nitro groups is 1. The van der Waals surface area contributed by atoms with Gasteiger partial charge in [0, 0.05) is 11.6 Å². The summed E-state index contributed by atoms with van der Waals surface area (Å²) in [5, 5.41) is 14.6.